The average Bonchev–Trinajstić information content (AvgIpc) is 2.39. The van der Waals surface area contributed by atoms with Crippen molar-refractivity contribution in [3.63, 3.8) is 0 Å². The molecular formula is C15H22N2O3S. The Kier molecular flexibility index (Phi) is 5.80. The fourth-order valence-corrected chi connectivity index (χ4v) is 2.63. The predicted octanol–water partition coefficient (Wildman–Crippen LogP) is 2.17. The van der Waals surface area contributed by atoms with E-state index in [9.17, 15) is 9.59 Å². The van der Waals surface area contributed by atoms with Crippen LogP contribution in [0, 0.1) is 13.8 Å². The number of hydrogen-bond donors (Lipinski definition) is 3. The molecule has 5 nitrogen and oxygen atoms in total. The highest BCUT2D eigenvalue weighted by Crippen LogP contribution is 2.27. The number of rotatable bonds is 6. The van der Waals surface area contributed by atoms with E-state index in [0.717, 1.165) is 16.8 Å². The van der Waals surface area contributed by atoms with Crippen molar-refractivity contribution in [1.82, 2.24) is 0 Å². The molecule has 1 aromatic carbocycles. The van der Waals surface area contributed by atoms with E-state index in [1.54, 1.807) is 13.8 Å². The van der Waals surface area contributed by atoms with Gasteiger partial charge in [-0.15, -0.1) is 11.8 Å². The number of thioether (sulfide) groups is 1. The summed E-state index contributed by atoms with van der Waals surface area (Å²) >= 11 is 1.23. The summed E-state index contributed by atoms with van der Waals surface area (Å²) < 4.78 is -0.717. The van der Waals surface area contributed by atoms with Crippen LogP contribution in [0.5, 0.6) is 0 Å². The normalized spacial score (nSPS) is 12.8. The third kappa shape index (κ3) is 5.06. The van der Waals surface area contributed by atoms with Crippen molar-refractivity contribution in [2.24, 2.45) is 5.73 Å². The van der Waals surface area contributed by atoms with E-state index in [4.69, 9.17) is 10.8 Å². The summed E-state index contributed by atoms with van der Waals surface area (Å²) in [4.78, 5) is 22.9. The molecule has 1 atom stereocenters. The molecule has 0 saturated heterocycles. The van der Waals surface area contributed by atoms with Gasteiger partial charge < -0.3 is 16.2 Å². The fraction of sp³-hybridized carbons (Fsp3) is 0.467. The molecule has 1 amide bonds. The first-order chi connectivity index (χ1) is 9.63. The first-order valence-corrected chi connectivity index (χ1v) is 7.61. The van der Waals surface area contributed by atoms with E-state index in [0.29, 0.717) is 0 Å². The highest BCUT2D eigenvalue weighted by molar-refractivity contribution is 8.01. The molecule has 0 aliphatic rings. The van der Waals surface area contributed by atoms with E-state index < -0.39 is 16.8 Å². The third-order valence-electron chi connectivity index (χ3n) is 3.25. The van der Waals surface area contributed by atoms with E-state index in [2.05, 4.69) is 5.32 Å². The Balaban J connectivity index is 2.60. The lowest BCUT2D eigenvalue weighted by molar-refractivity contribution is -0.139. The van der Waals surface area contributed by atoms with Crippen molar-refractivity contribution in [2.75, 3.05) is 11.1 Å². The zero-order chi connectivity index (χ0) is 16.2. The van der Waals surface area contributed by atoms with Crippen LogP contribution in [0.1, 0.15) is 25.0 Å². The van der Waals surface area contributed by atoms with E-state index >= 15 is 0 Å². The van der Waals surface area contributed by atoms with E-state index in [1.165, 1.54) is 11.8 Å². The highest BCUT2D eigenvalue weighted by Gasteiger charge is 2.33. The molecule has 0 unspecified atom stereocenters. The number of amides is 1. The van der Waals surface area contributed by atoms with Crippen molar-refractivity contribution in [1.29, 1.82) is 0 Å². The van der Waals surface area contributed by atoms with E-state index in [1.807, 2.05) is 32.0 Å². The van der Waals surface area contributed by atoms with Gasteiger partial charge in [-0.3, -0.25) is 9.59 Å². The quantitative estimate of drug-likeness (QED) is 0.749. The first kappa shape index (κ1) is 17.5. The summed E-state index contributed by atoms with van der Waals surface area (Å²) in [5.74, 6) is -1.08. The molecule has 6 heteroatoms. The Hall–Kier alpha value is -1.53. The van der Waals surface area contributed by atoms with Crippen molar-refractivity contribution < 1.29 is 14.7 Å². The maximum Gasteiger partial charge on any atom is 0.321 e. The number of benzene rings is 1. The Bertz CT molecular complexity index is 544. The number of hydrogen-bond acceptors (Lipinski definition) is 4. The van der Waals surface area contributed by atoms with Crippen molar-refractivity contribution in [3.8, 4) is 0 Å². The molecule has 0 aliphatic heterocycles. The molecule has 0 saturated carbocycles. The standard InChI is InChI=1S/C15H22N2O3S/c1-9-5-6-11(10(2)7-9)17-12(18)8-21-15(3,4)13(16)14(19)20/h5-7,13H,8,16H2,1-4H3,(H,17,18)(H,19,20)/t13-/m0/s1. The molecule has 1 rings (SSSR count). The van der Waals surface area contributed by atoms with Gasteiger partial charge in [0.1, 0.15) is 6.04 Å². The Morgan fingerprint density at radius 1 is 1.38 bits per heavy atom. The summed E-state index contributed by atoms with van der Waals surface area (Å²) in [5, 5.41) is 11.8. The van der Waals surface area contributed by atoms with Crippen LogP contribution in [-0.2, 0) is 9.59 Å². The van der Waals surface area contributed by atoms with Gasteiger partial charge in [-0.05, 0) is 39.3 Å². The Morgan fingerprint density at radius 3 is 2.52 bits per heavy atom. The number of nitrogens with two attached hydrogens (primary N) is 1. The molecule has 0 aliphatic carbocycles. The first-order valence-electron chi connectivity index (χ1n) is 6.63. The molecule has 0 spiro atoms. The number of anilines is 1. The second-order valence-corrected chi connectivity index (χ2v) is 7.20. The fourth-order valence-electron chi connectivity index (χ4n) is 1.78. The zero-order valence-electron chi connectivity index (χ0n) is 12.8. The van der Waals surface area contributed by atoms with Crippen LogP contribution in [0.15, 0.2) is 18.2 Å². The van der Waals surface area contributed by atoms with Crippen molar-refractivity contribution >= 4 is 29.3 Å². The zero-order valence-corrected chi connectivity index (χ0v) is 13.6. The number of carboxylic acids is 1. The Labute approximate surface area is 129 Å². The van der Waals surface area contributed by atoms with Crippen LogP contribution >= 0.6 is 11.8 Å². The molecule has 116 valence electrons. The molecule has 1 aromatic rings. The summed E-state index contributed by atoms with van der Waals surface area (Å²) in [6, 6.07) is 4.77. The third-order valence-corrected chi connectivity index (χ3v) is 4.65. The number of carbonyl (C=O) groups is 2. The molecule has 0 heterocycles. The lowest BCUT2D eigenvalue weighted by Crippen LogP contribution is -2.47. The Morgan fingerprint density at radius 2 is 2.00 bits per heavy atom. The molecule has 4 N–H and O–H groups in total. The highest BCUT2D eigenvalue weighted by atomic mass is 32.2. The number of carbonyl (C=O) groups excluding carboxylic acids is 1. The second-order valence-electron chi connectivity index (χ2n) is 5.57. The van der Waals surface area contributed by atoms with Gasteiger partial charge in [0.05, 0.1) is 5.75 Å². The molecule has 0 fully saturated rings. The largest absolute Gasteiger partial charge is 0.480 e. The lowest BCUT2D eigenvalue weighted by atomic mass is 10.1. The van der Waals surface area contributed by atoms with Crippen LogP contribution in [0.4, 0.5) is 5.69 Å². The predicted molar refractivity (Wildman–Crippen MR) is 86.7 cm³/mol. The van der Waals surface area contributed by atoms with E-state index in [-0.39, 0.29) is 11.7 Å². The smallest absolute Gasteiger partial charge is 0.321 e. The van der Waals surface area contributed by atoms with Gasteiger partial charge in [0.25, 0.3) is 0 Å². The molecular weight excluding hydrogens is 288 g/mol. The minimum Gasteiger partial charge on any atom is -0.480 e. The lowest BCUT2D eigenvalue weighted by Gasteiger charge is -2.27. The van der Waals surface area contributed by atoms with Gasteiger partial charge in [0.15, 0.2) is 0 Å². The number of aliphatic carboxylic acids is 1. The molecule has 0 radical (unpaired) electrons. The summed E-state index contributed by atoms with van der Waals surface area (Å²) in [6.07, 6.45) is 0. The summed E-state index contributed by atoms with van der Waals surface area (Å²) in [7, 11) is 0. The topological polar surface area (TPSA) is 92.4 Å². The number of carboxylic acid groups (broad SMARTS) is 1. The SMILES string of the molecule is Cc1ccc(NC(=O)CSC(C)(C)[C@@H](N)C(=O)O)c(C)c1. The monoisotopic (exact) mass is 310 g/mol. The molecule has 0 aromatic heterocycles. The minimum atomic E-state index is -1.07. The van der Waals surface area contributed by atoms with Gasteiger partial charge in [0.2, 0.25) is 5.91 Å². The molecule has 0 bridgehead atoms. The van der Waals surface area contributed by atoms with Crippen LogP contribution < -0.4 is 11.1 Å². The van der Waals surface area contributed by atoms with Crippen molar-refractivity contribution in [2.45, 2.75) is 38.5 Å². The van der Waals surface area contributed by atoms with Crippen LogP contribution in [0.3, 0.4) is 0 Å². The summed E-state index contributed by atoms with van der Waals surface area (Å²) in [6.45, 7) is 7.37. The van der Waals surface area contributed by atoms with Gasteiger partial charge in [0, 0.05) is 10.4 Å². The number of aryl methyl sites for hydroxylation is 2. The van der Waals surface area contributed by atoms with Gasteiger partial charge >= 0.3 is 5.97 Å². The summed E-state index contributed by atoms with van der Waals surface area (Å²) in [5.41, 5.74) is 8.52. The van der Waals surface area contributed by atoms with Crippen LogP contribution in [0.2, 0.25) is 0 Å². The van der Waals surface area contributed by atoms with Crippen LogP contribution in [0.25, 0.3) is 0 Å². The second kappa shape index (κ2) is 6.95. The maximum absolute atomic E-state index is 12.0. The minimum absolute atomic E-state index is 0.154. The van der Waals surface area contributed by atoms with Gasteiger partial charge in [-0.25, -0.2) is 0 Å². The maximum atomic E-state index is 12.0. The van der Waals surface area contributed by atoms with Crippen LogP contribution in [-0.4, -0.2) is 33.5 Å². The molecule has 21 heavy (non-hydrogen) atoms. The van der Waals surface area contributed by atoms with Crippen molar-refractivity contribution in [3.05, 3.63) is 29.3 Å². The number of nitrogens with one attached hydrogen (secondary N) is 1. The van der Waals surface area contributed by atoms with Gasteiger partial charge in [-0.1, -0.05) is 17.7 Å². The van der Waals surface area contributed by atoms with Gasteiger partial charge in [-0.2, -0.15) is 0 Å². The average molecular weight is 310 g/mol.